The number of nitrogens with zero attached hydrogens (tertiary/aromatic N) is 4. The van der Waals surface area contributed by atoms with Crippen molar-refractivity contribution in [1.29, 1.82) is 0 Å². The number of anilines is 1. The van der Waals surface area contributed by atoms with Crippen LogP contribution in [0.4, 0.5) is 5.69 Å². The molecule has 13 heteroatoms. The number of fused-ring (bicyclic) bond motifs is 1. The van der Waals surface area contributed by atoms with E-state index in [2.05, 4.69) is 15.6 Å². The van der Waals surface area contributed by atoms with Gasteiger partial charge in [0.15, 0.2) is 11.5 Å². The van der Waals surface area contributed by atoms with Crippen molar-refractivity contribution in [2.45, 2.75) is 59.7 Å². The average Bonchev–Trinajstić information content (AvgIpc) is 3.38. The highest BCUT2D eigenvalue weighted by Crippen LogP contribution is 2.36. The van der Waals surface area contributed by atoms with Crippen LogP contribution in [0.15, 0.2) is 60.7 Å². The molecule has 1 atom stereocenters. The van der Waals surface area contributed by atoms with Gasteiger partial charge in [0.25, 0.3) is 0 Å². The Kier molecular flexibility index (Phi) is 11.4. The molecule has 13 nitrogen and oxygen atoms in total. The van der Waals surface area contributed by atoms with E-state index in [4.69, 9.17) is 29.3 Å². The van der Waals surface area contributed by atoms with Crippen LogP contribution in [0, 0.1) is 13.8 Å². The molecule has 0 saturated heterocycles. The zero-order chi connectivity index (χ0) is 34.2. The number of hydrogen-bond donors (Lipinski definition) is 3. The fourth-order valence-corrected chi connectivity index (χ4v) is 4.72. The number of aliphatic carboxylic acids is 2. The molecule has 0 fully saturated rings. The third-order valence-electron chi connectivity index (χ3n) is 6.58. The molecular formula is C33H39N5O8. The zero-order valence-corrected chi connectivity index (χ0v) is 26.9. The average molecular weight is 634 g/mol. The Labute approximate surface area is 266 Å². The summed E-state index contributed by atoms with van der Waals surface area (Å²) in [7, 11) is 1.55. The topological polar surface area (TPSA) is 173 Å². The SMILES string of the molecule is CCOc1ccc(C(C(=O)NC(C)(C)C)N(C(=O)Cn2nnc3ccccc32)c2ccc(C)cc2C)cc1OC.O=C(O)C(=O)O. The van der Waals surface area contributed by atoms with Crippen molar-refractivity contribution in [3.63, 3.8) is 0 Å². The normalized spacial score (nSPS) is 11.5. The fraction of sp³-hybridized carbons (Fsp3) is 0.333. The van der Waals surface area contributed by atoms with Gasteiger partial charge in [-0.25, -0.2) is 14.3 Å². The van der Waals surface area contributed by atoms with E-state index in [9.17, 15) is 9.59 Å². The minimum Gasteiger partial charge on any atom is -0.493 e. The summed E-state index contributed by atoms with van der Waals surface area (Å²) in [5.74, 6) is -3.25. The summed E-state index contributed by atoms with van der Waals surface area (Å²) in [5.41, 5.74) is 4.00. The Morgan fingerprint density at radius 3 is 2.22 bits per heavy atom. The molecule has 46 heavy (non-hydrogen) atoms. The lowest BCUT2D eigenvalue weighted by Gasteiger charge is -2.35. The number of nitrogens with one attached hydrogen (secondary N) is 1. The van der Waals surface area contributed by atoms with Crippen LogP contribution in [-0.4, -0.2) is 68.2 Å². The van der Waals surface area contributed by atoms with E-state index in [1.807, 2.05) is 84.0 Å². The highest BCUT2D eigenvalue weighted by molar-refractivity contribution is 6.27. The van der Waals surface area contributed by atoms with Gasteiger partial charge in [0.05, 0.1) is 19.2 Å². The standard InChI is InChI=1S/C31H37N5O4.C2H2O4/c1-8-40-26-16-14-22(18-27(26)39-7)29(30(38)32-31(4,5)6)36(24-15-13-20(2)17-21(24)3)28(37)19-35-25-12-10-9-11-23(25)33-34-35;3-1(4)2(5)6/h9-18,29H,8,19H2,1-7H3,(H,32,38);(H,3,4)(H,5,6). The van der Waals surface area contributed by atoms with Crippen molar-refractivity contribution < 1.29 is 38.9 Å². The van der Waals surface area contributed by atoms with Gasteiger partial charge in [0.2, 0.25) is 11.8 Å². The van der Waals surface area contributed by atoms with E-state index in [-0.39, 0.29) is 18.4 Å². The van der Waals surface area contributed by atoms with Crippen molar-refractivity contribution in [2.75, 3.05) is 18.6 Å². The minimum absolute atomic E-state index is 0.110. The van der Waals surface area contributed by atoms with Gasteiger partial charge in [-0.1, -0.05) is 41.1 Å². The van der Waals surface area contributed by atoms with Gasteiger partial charge in [0.1, 0.15) is 18.1 Å². The largest absolute Gasteiger partial charge is 0.493 e. The van der Waals surface area contributed by atoms with Gasteiger partial charge in [0, 0.05) is 11.2 Å². The van der Waals surface area contributed by atoms with Crippen molar-refractivity contribution in [3.05, 3.63) is 77.4 Å². The van der Waals surface area contributed by atoms with Gasteiger partial charge in [-0.15, -0.1) is 5.10 Å². The van der Waals surface area contributed by atoms with Crippen LogP contribution in [0.3, 0.4) is 0 Å². The first-order chi connectivity index (χ1) is 21.7. The highest BCUT2D eigenvalue weighted by Gasteiger charge is 2.36. The van der Waals surface area contributed by atoms with Crippen LogP contribution in [0.1, 0.15) is 50.4 Å². The first-order valence-electron chi connectivity index (χ1n) is 14.4. The van der Waals surface area contributed by atoms with E-state index < -0.39 is 23.5 Å². The second-order valence-corrected chi connectivity index (χ2v) is 11.4. The van der Waals surface area contributed by atoms with E-state index in [0.29, 0.717) is 34.9 Å². The molecule has 0 saturated carbocycles. The second kappa shape index (κ2) is 15.0. The number of amides is 2. The molecule has 4 rings (SSSR count). The molecule has 0 aliphatic rings. The number of carboxylic acids is 2. The number of para-hydroxylation sites is 1. The van der Waals surface area contributed by atoms with Crippen LogP contribution < -0.4 is 19.7 Å². The summed E-state index contributed by atoms with van der Waals surface area (Å²) in [6.07, 6.45) is 0. The van der Waals surface area contributed by atoms with E-state index in [1.54, 1.807) is 34.9 Å². The van der Waals surface area contributed by atoms with Crippen LogP contribution in [-0.2, 0) is 25.7 Å². The van der Waals surface area contributed by atoms with Gasteiger partial charge < -0.3 is 25.0 Å². The molecule has 0 aliphatic heterocycles. The van der Waals surface area contributed by atoms with E-state index >= 15 is 0 Å². The summed E-state index contributed by atoms with van der Waals surface area (Å²) < 4.78 is 12.9. The van der Waals surface area contributed by atoms with Gasteiger partial charge >= 0.3 is 11.9 Å². The first-order valence-corrected chi connectivity index (χ1v) is 14.4. The lowest BCUT2D eigenvalue weighted by Crippen LogP contribution is -2.50. The Morgan fingerprint density at radius 1 is 0.957 bits per heavy atom. The summed E-state index contributed by atoms with van der Waals surface area (Å²) in [5, 5.41) is 26.3. The number of carbonyl (C=O) groups excluding carboxylic acids is 2. The van der Waals surface area contributed by atoms with Crippen molar-refractivity contribution in [3.8, 4) is 11.5 Å². The minimum atomic E-state index is -1.82. The van der Waals surface area contributed by atoms with Gasteiger partial charge in [-0.05, 0) is 83.0 Å². The number of carbonyl (C=O) groups is 4. The number of carboxylic acid groups (broad SMARTS) is 2. The maximum Gasteiger partial charge on any atom is 0.414 e. The molecule has 3 aromatic carbocycles. The molecule has 0 radical (unpaired) electrons. The Bertz CT molecular complexity index is 1710. The summed E-state index contributed by atoms with van der Waals surface area (Å²) >= 11 is 0. The van der Waals surface area contributed by atoms with Crippen LogP contribution in [0.2, 0.25) is 0 Å². The van der Waals surface area contributed by atoms with Crippen LogP contribution in [0.25, 0.3) is 11.0 Å². The Balaban J connectivity index is 0.000000875. The van der Waals surface area contributed by atoms with Crippen molar-refractivity contribution in [1.82, 2.24) is 20.3 Å². The molecular weight excluding hydrogens is 594 g/mol. The number of aryl methyl sites for hydroxylation is 2. The number of ether oxygens (including phenoxy) is 2. The zero-order valence-electron chi connectivity index (χ0n) is 26.9. The lowest BCUT2D eigenvalue weighted by molar-refractivity contribution is -0.159. The third kappa shape index (κ3) is 8.80. The molecule has 3 N–H and O–H groups in total. The molecule has 1 heterocycles. The molecule has 244 valence electrons. The van der Waals surface area contributed by atoms with Crippen LogP contribution in [0.5, 0.6) is 11.5 Å². The third-order valence-corrected chi connectivity index (χ3v) is 6.58. The molecule has 1 unspecified atom stereocenters. The van der Waals surface area contributed by atoms with Crippen molar-refractivity contribution >= 4 is 40.5 Å². The number of hydrogen-bond acceptors (Lipinski definition) is 8. The summed E-state index contributed by atoms with van der Waals surface area (Å²) in [6.45, 7) is 11.9. The molecule has 0 bridgehead atoms. The Hall–Kier alpha value is -5.46. The predicted molar refractivity (Wildman–Crippen MR) is 171 cm³/mol. The van der Waals surface area contributed by atoms with Crippen LogP contribution >= 0.6 is 0 Å². The molecule has 2 amide bonds. The molecule has 1 aromatic heterocycles. The Morgan fingerprint density at radius 2 is 1.63 bits per heavy atom. The second-order valence-electron chi connectivity index (χ2n) is 11.4. The van der Waals surface area contributed by atoms with Gasteiger partial charge in [-0.2, -0.15) is 0 Å². The molecule has 0 aliphatic carbocycles. The van der Waals surface area contributed by atoms with E-state index in [0.717, 1.165) is 16.6 Å². The predicted octanol–water partition coefficient (Wildman–Crippen LogP) is 4.30. The fourth-order valence-electron chi connectivity index (χ4n) is 4.72. The summed E-state index contributed by atoms with van der Waals surface area (Å²) in [6, 6.07) is 17.6. The first kappa shape index (κ1) is 35.0. The summed E-state index contributed by atoms with van der Waals surface area (Å²) in [4.78, 5) is 48.1. The molecule has 4 aromatic rings. The monoisotopic (exact) mass is 633 g/mol. The maximum atomic E-state index is 14.3. The highest BCUT2D eigenvalue weighted by atomic mass is 16.5. The molecule has 0 spiro atoms. The number of benzene rings is 3. The number of rotatable bonds is 9. The van der Waals surface area contributed by atoms with Crippen molar-refractivity contribution in [2.24, 2.45) is 0 Å². The lowest BCUT2D eigenvalue weighted by atomic mass is 9.99. The number of methoxy groups -OCH3 is 1. The quantitative estimate of drug-likeness (QED) is 0.226. The maximum absolute atomic E-state index is 14.3. The number of aromatic nitrogens is 3. The smallest absolute Gasteiger partial charge is 0.414 e. The van der Waals surface area contributed by atoms with E-state index in [1.165, 1.54) is 0 Å². The van der Waals surface area contributed by atoms with Gasteiger partial charge in [-0.3, -0.25) is 14.5 Å².